The number of aryl methyl sites for hydroxylation is 1. The van der Waals surface area contributed by atoms with Gasteiger partial charge in [-0.3, -0.25) is 4.98 Å². The Bertz CT molecular complexity index is 331. The number of pyridine rings is 1. The molecule has 2 nitrogen and oxygen atoms in total. The van der Waals surface area contributed by atoms with E-state index in [2.05, 4.69) is 4.98 Å². The molecule has 0 fully saturated rings. The van der Waals surface area contributed by atoms with Gasteiger partial charge in [0.2, 0.25) is 0 Å². The molecule has 1 aromatic heterocycles. The summed E-state index contributed by atoms with van der Waals surface area (Å²) >= 11 is 0. The van der Waals surface area contributed by atoms with Crippen LogP contribution in [-0.2, 0) is 6.18 Å². The van der Waals surface area contributed by atoms with Gasteiger partial charge in [0.1, 0.15) is 0 Å². The van der Waals surface area contributed by atoms with Crippen LogP contribution in [0, 0.1) is 13.8 Å². The third kappa shape index (κ3) is 1.74. The number of halogens is 3. The molecule has 2 N–H and O–H groups in total. The Morgan fingerprint density at radius 3 is 2.31 bits per heavy atom. The summed E-state index contributed by atoms with van der Waals surface area (Å²) in [5.74, 6) is 0. The molecular formula is C8H9F3N2. The number of nitrogens with two attached hydrogens (primary N) is 1. The Balaban J connectivity index is 3.35. The zero-order valence-corrected chi connectivity index (χ0v) is 7.24. The second kappa shape index (κ2) is 2.90. The average Bonchev–Trinajstić information content (AvgIpc) is 1.98. The molecule has 13 heavy (non-hydrogen) atoms. The first kappa shape index (κ1) is 9.83. The standard InChI is InChI=1S/C8H9F3N2/c1-4-5(2)13-3-6(7(4)12)8(9,10)11/h3H,1-2H3,(H2,12,13). The van der Waals surface area contributed by atoms with Gasteiger partial charge in [-0.1, -0.05) is 0 Å². The number of alkyl halides is 3. The molecule has 0 radical (unpaired) electrons. The average molecular weight is 190 g/mol. The van der Waals surface area contributed by atoms with E-state index >= 15 is 0 Å². The highest BCUT2D eigenvalue weighted by atomic mass is 19.4. The Hall–Kier alpha value is -1.26. The summed E-state index contributed by atoms with van der Waals surface area (Å²) in [6.07, 6.45) is -3.66. The SMILES string of the molecule is Cc1ncc(C(F)(F)F)c(N)c1C. The number of aromatic nitrogens is 1. The highest BCUT2D eigenvalue weighted by Crippen LogP contribution is 2.34. The fraction of sp³-hybridized carbons (Fsp3) is 0.375. The zero-order chi connectivity index (χ0) is 10.2. The monoisotopic (exact) mass is 190 g/mol. The molecular weight excluding hydrogens is 181 g/mol. The van der Waals surface area contributed by atoms with Crippen molar-refractivity contribution in [3.8, 4) is 0 Å². The molecule has 0 aliphatic carbocycles. The summed E-state index contributed by atoms with van der Waals surface area (Å²) < 4.78 is 36.7. The van der Waals surface area contributed by atoms with Crippen molar-refractivity contribution in [2.24, 2.45) is 0 Å². The van der Waals surface area contributed by atoms with Crippen LogP contribution in [0.25, 0.3) is 0 Å². The summed E-state index contributed by atoms with van der Waals surface area (Å²) in [4.78, 5) is 3.61. The largest absolute Gasteiger partial charge is 0.419 e. The lowest BCUT2D eigenvalue weighted by Crippen LogP contribution is -2.11. The number of hydrogen-bond acceptors (Lipinski definition) is 2. The number of hydrogen-bond donors (Lipinski definition) is 1. The number of rotatable bonds is 0. The topological polar surface area (TPSA) is 38.9 Å². The Morgan fingerprint density at radius 2 is 1.85 bits per heavy atom. The first-order valence-corrected chi connectivity index (χ1v) is 3.63. The quantitative estimate of drug-likeness (QED) is 0.681. The van der Waals surface area contributed by atoms with E-state index in [0.29, 0.717) is 11.3 Å². The maximum Gasteiger partial charge on any atom is 0.419 e. The van der Waals surface area contributed by atoms with Crippen molar-refractivity contribution < 1.29 is 13.2 Å². The first-order valence-electron chi connectivity index (χ1n) is 3.63. The lowest BCUT2D eigenvalue weighted by molar-refractivity contribution is -0.137. The van der Waals surface area contributed by atoms with E-state index in [-0.39, 0.29) is 5.69 Å². The summed E-state index contributed by atoms with van der Waals surface area (Å²) in [5.41, 5.74) is 5.11. The van der Waals surface area contributed by atoms with Crippen LogP contribution in [0.4, 0.5) is 18.9 Å². The van der Waals surface area contributed by atoms with Gasteiger partial charge in [0.15, 0.2) is 0 Å². The molecule has 1 heterocycles. The zero-order valence-electron chi connectivity index (χ0n) is 7.24. The molecule has 5 heteroatoms. The lowest BCUT2D eigenvalue weighted by atomic mass is 10.1. The number of nitrogens with zero attached hydrogens (tertiary/aromatic N) is 1. The molecule has 0 saturated carbocycles. The Kier molecular flexibility index (Phi) is 2.19. The Labute approximate surface area is 73.6 Å². The second-order valence-corrected chi connectivity index (χ2v) is 2.79. The third-order valence-corrected chi connectivity index (χ3v) is 1.93. The molecule has 0 unspecified atom stereocenters. The molecule has 0 aliphatic heterocycles. The molecule has 0 saturated heterocycles. The van der Waals surface area contributed by atoms with E-state index in [9.17, 15) is 13.2 Å². The van der Waals surface area contributed by atoms with Crippen LogP contribution >= 0.6 is 0 Å². The van der Waals surface area contributed by atoms with Gasteiger partial charge in [0.25, 0.3) is 0 Å². The number of nitrogen functional groups attached to an aromatic ring is 1. The van der Waals surface area contributed by atoms with Crippen molar-refractivity contribution in [2.75, 3.05) is 5.73 Å². The third-order valence-electron chi connectivity index (χ3n) is 1.93. The van der Waals surface area contributed by atoms with Gasteiger partial charge in [-0.05, 0) is 19.4 Å². The lowest BCUT2D eigenvalue weighted by Gasteiger charge is -2.12. The van der Waals surface area contributed by atoms with Crippen LogP contribution in [0.5, 0.6) is 0 Å². The normalized spacial score (nSPS) is 11.8. The summed E-state index contributed by atoms with van der Waals surface area (Å²) in [5, 5.41) is 0. The number of anilines is 1. The molecule has 72 valence electrons. The minimum Gasteiger partial charge on any atom is -0.398 e. The summed E-state index contributed by atoms with van der Waals surface area (Å²) in [6.45, 7) is 3.14. The van der Waals surface area contributed by atoms with Gasteiger partial charge < -0.3 is 5.73 Å². The van der Waals surface area contributed by atoms with E-state index in [4.69, 9.17) is 5.73 Å². The fourth-order valence-electron chi connectivity index (χ4n) is 0.951. The summed E-state index contributed by atoms with van der Waals surface area (Å²) in [7, 11) is 0. The highest BCUT2D eigenvalue weighted by Gasteiger charge is 2.34. The molecule has 1 rings (SSSR count). The van der Waals surface area contributed by atoms with Crippen molar-refractivity contribution >= 4 is 5.69 Å². The minimum absolute atomic E-state index is 0.236. The molecule has 0 spiro atoms. The van der Waals surface area contributed by atoms with Crippen LogP contribution in [0.3, 0.4) is 0 Å². The van der Waals surface area contributed by atoms with Crippen molar-refractivity contribution in [2.45, 2.75) is 20.0 Å². The van der Waals surface area contributed by atoms with Crippen LogP contribution in [-0.4, -0.2) is 4.98 Å². The molecule has 0 amide bonds. The van der Waals surface area contributed by atoms with Gasteiger partial charge >= 0.3 is 6.18 Å². The van der Waals surface area contributed by atoms with Crippen molar-refractivity contribution in [1.29, 1.82) is 0 Å². The highest BCUT2D eigenvalue weighted by molar-refractivity contribution is 5.54. The second-order valence-electron chi connectivity index (χ2n) is 2.79. The summed E-state index contributed by atoms with van der Waals surface area (Å²) in [6, 6.07) is 0. The van der Waals surface area contributed by atoms with E-state index < -0.39 is 11.7 Å². The maximum absolute atomic E-state index is 12.2. The minimum atomic E-state index is -4.42. The van der Waals surface area contributed by atoms with E-state index in [1.165, 1.54) is 6.92 Å². The van der Waals surface area contributed by atoms with Crippen LogP contribution < -0.4 is 5.73 Å². The van der Waals surface area contributed by atoms with Crippen molar-refractivity contribution in [1.82, 2.24) is 4.98 Å². The van der Waals surface area contributed by atoms with Gasteiger partial charge in [-0.2, -0.15) is 13.2 Å². The molecule has 0 atom stereocenters. The van der Waals surface area contributed by atoms with Crippen molar-refractivity contribution in [3.63, 3.8) is 0 Å². The molecule has 0 aliphatic rings. The Morgan fingerprint density at radius 1 is 1.31 bits per heavy atom. The van der Waals surface area contributed by atoms with Gasteiger partial charge in [0.05, 0.1) is 11.3 Å². The maximum atomic E-state index is 12.2. The van der Waals surface area contributed by atoms with E-state index in [1.807, 2.05) is 0 Å². The van der Waals surface area contributed by atoms with E-state index in [0.717, 1.165) is 6.20 Å². The van der Waals surface area contributed by atoms with E-state index in [1.54, 1.807) is 6.92 Å². The van der Waals surface area contributed by atoms with Crippen molar-refractivity contribution in [3.05, 3.63) is 23.0 Å². The van der Waals surface area contributed by atoms with Crippen LogP contribution in [0.2, 0.25) is 0 Å². The molecule has 0 aromatic carbocycles. The van der Waals surface area contributed by atoms with Crippen LogP contribution in [0.15, 0.2) is 6.20 Å². The van der Waals surface area contributed by atoms with Gasteiger partial charge in [-0.25, -0.2) is 0 Å². The molecule has 1 aromatic rings. The fourth-order valence-corrected chi connectivity index (χ4v) is 0.951. The molecule has 0 bridgehead atoms. The van der Waals surface area contributed by atoms with Crippen LogP contribution in [0.1, 0.15) is 16.8 Å². The smallest absolute Gasteiger partial charge is 0.398 e. The first-order chi connectivity index (χ1) is 5.84. The predicted octanol–water partition coefficient (Wildman–Crippen LogP) is 2.30. The van der Waals surface area contributed by atoms with Gasteiger partial charge in [-0.15, -0.1) is 0 Å². The predicted molar refractivity (Wildman–Crippen MR) is 43.1 cm³/mol. The van der Waals surface area contributed by atoms with Gasteiger partial charge in [0, 0.05) is 11.9 Å².